The zero-order valence-corrected chi connectivity index (χ0v) is 11.8. The van der Waals surface area contributed by atoms with Crippen LogP contribution in [0, 0.1) is 12.8 Å². The van der Waals surface area contributed by atoms with E-state index in [1.54, 1.807) is 20.3 Å². The van der Waals surface area contributed by atoms with E-state index in [0.717, 1.165) is 37.2 Å². The maximum Gasteiger partial charge on any atom is 0.171 e. The van der Waals surface area contributed by atoms with Crippen LogP contribution in [0.5, 0.6) is 11.5 Å². The van der Waals surface area contributed by atoms with E-state index >= 15 is 0 Å². The average molecular weight is 263 g/mol. The fourth-order valence-corrected chi connectivity index (χ4v) is 2.54. The van der Waals surface area contributed by atoms with Crippen LogP contribution in [0.15, 0.2) is 12.1 Å². The Labute approximate surface area is 114 Å². The van der Waals surface area contributed by atoms with Crippen molar-refractivity contribution in [1.82, 2.24) is 5.32 Å². The summed E-state index contributed by atoms with van der Waals surface area (Å²) in [6.07, 6.45) is 1.98. The van der Waals surface area contributed by atoms with E-state index in [1.165, 1.54) is 0 Å². The molecule has 0 bridgehead atoms. The van der Waals surface area contributed by atoms with Crippen molar-refractivity contribution in [3.8, 4) is 11.5 Å². The summed E-state index contributed by atoms with van der Waals surface area (Å²) in [5.74, 6) is 1.54. The molecular weight excluding hydrogens is 242 g/mol. The predicted octanol–water partition coefficient (Wildman–Crippen LogP) is 2.19. The molecular formula is C15H21NO3. The topological polar surface area (TPSA) is 47.6 Å². The normalized spacial score (nSPS) is 19.0. The molecule has 0 spiro atoms. The van der Waals surface area contributed by atoms with Crippen LogP contribution in [0.4, 0.5) is 0 Å². The van der Waals surface area contributed by atoms with Gasteiger partial charge in [0.15, 0.2) is 5.78 Å². The van der Waals surface area contributed by atoms with Gasteiger partial charge in [-0.25, -0.2) is 0 Å². The van der Waals surface area contributed by atoms with Crippen LogP contribution in [0.2, 0.25) is 0 Å². The van der Waals surface area contributed by atoms with E-state index in [0.29, 0.717) is 11.3 Å². The van der Waals surface area contributed by atoms with E-state index in [9.17, 15) is 4.79 Å². The zero-order valence-electron chi connectivity index (χ0n) is 11.8. The van der Waals surface area contributed by atoms with Crippen LogP contribution in [0.3, 0.4) is 0 Å². The Hall–Kier alpha value is -1.55. The van der Waals surface area contributed by atoms with E-state index in [4.69, 9.17) is 9.47 Å². The summed E-state index contributed by atoms with van der Waals surface area (Å²) >= 11 is 0. The summed E-state index contributed by atoms with van der Waals surface area (Å²) in [6, 6.07) is 3.66. The van der Waals surface area contributed by atoms with Crippen molar-refractivity contribution >= 4 is 5.78 Å². The van der Waals surface area contributed by atoms with E-state index in [2.05, 4.69) is 5.32 Å². The summed E-state index contributed by atoms with van der Waals surface area (Å²) in [6.45, 7) is 3.69. The first-order valence-electron chi connectivity index (χ1n) is 6.65. The Morgan fingerprint density at radius 3 is 2.58 bits per heavy atom. The van der Waals surface area contributed by atoms with Gasteiger partial charge in [-0.15, -0.1) is 0 Å². The third kappa shape index (κ3) is 2.89. The summed E-state index contributed by atoms with van der Waals surface area (Å²) in [5, 5.41) is 3.27. The number of methoxy groups -OCH3 is 2. The van der Waals surface area contributed by atoms with Crippen molar-refractivity contribution in [2.75, 3.05) is 27.3 Å². The molecule has 2 rings (SSSR count). The van der Waals surface area contributed by atoms with E-state index < -0.39 is 0 Å². The van der Waals surface area contributed by atoms with Gasteiger partial charge in [-0.05, 0) is 44.0 Å². The molecule has 1 atom stereocenters. The van der Waals surface area contributed by atoms with Crippen LogP contribution < -0.4 is 14.8 Å². The molecule has 1 aromatic rings. The Kier molecular flexibility index (Phi) is 4.43. The summed E-state index contributed by atoms with van der Waals surface area (Å²) in [5.41, 5.74) is 1.59. The van der Waals surface area contributed by atoms with Crippen LogP contribution >= 0.6 is 0 Å². The second-order valence-electron chi connectivity index (χ2n) is 4.93. The van der Waals surface area contributed by atoms with Gasteiger partial charge in [0.2, 0.25) is 0 Å². The molecule has 1 fully saturated rings. The van der Waals surface area contributed by atoms with Gasteiger partial charge in [0, 0.05) is 12.5 Å². The average Bonchev–Trinajstić information content (AvgIpc) is 2.47. The number of hydrogen-bond acceptors (Lipinski definition) is 4. The van der Waals surface area contributed by atoms with Gasteiger partial charge < -0.3 is 14.8 Å². The van der Waals surface area contributed by atoms with Crippen molar-refractivity contribution in [2.24, 2.45) is 5.92 Å². The highest BCUT2D eigenvalue weighted by molar-refractivity contribution is 6.01. The second-order valence-corrected chi connectivity index (χ2v) is 4.93. The monoisotopic (exact) mass is 263 g/mol. The molecule has 0 radical (unpaired) electrons. The van der Waals surface area contributed by atoms with Gasteiger partial charge in [-0.3, -0.25) is 4.79 Å². The first kappa shape index (κ1) is 13.9. The number of benzene rings is 1. The van der Waals surface area contributed by atoms with Crippen molar-refractivity contribution < 1.29 is 14.3 Å². The summed E-state index contributed by atoms with van der Waals surface area (Å²) in [4.78, 5) is 12.6. The number of nitrogens with one attached hydrogen (secondary N) is 1. The zero-order chi connectivity index (χ0) is 13.8. The number of carbonyl (C=O) groups excluding carboxylic acids is 1. The SMILES string of the molecule is COc1cc(C(=O)C2CCCNC2)c(OC)cc1C. The van der Waals surface area contributed by atoms with Gasteiger partial charge in [-0.1, -0.05) is 0 Å². The molecule has 0 aromatic heterocycles. The molecule has 1 aliphatic heterocycles. The molecule has 4 nitrogen and oxygen atoms in total. The molecule has 1 unspecified atom stereocenters. The number of carbonyl (C=O) groups is 1. The van der Waals surface area contributed by atoms with Gasteiger partial charge in [0.05, 0.1) is 19.8 Å². The maximum absolute atomic E-state index is 12.6. The lowest BCUT2D eigenvalue weighted by atomic mass is 9.90. The Balaban J connectivity index is 2.33. The molecule has 0 amide bonds. The molecule has 0 aliphatic carbocycles. The quantitative estimate of drug-likeness (QED) is 0.846. The highest BCUT2D eigenvalue weighted by Gasteiger charge is 2.25. The molecule has 1 aliphatic rings. The Morgan fingerprint density at radius 1 is 1.26 bits per heavy atom. The van der Waals surface area contributed by atoms with Crippen LogP contribution in [-0.4, -0.2) is 33.1 Å². The molecule has 104 valence electrons. The number of Topliss-reactive ketones (excluding diaryl/α,β-unsaturated/α-hetero) is 1. The molecule has 0 saturated carbocycles. The van der Waals surface area contributed by atoms with Gasteiger partial charge >= 0.3 is 0 Å². The predicted molar refractivity (Wildman–Crippen MR) is 74.2 cm³/mol. The van der Waals surface area contributed by atoms with Crippen molar-refractivity contribution in [2.45, 2.75) is 19.8 Å². The highest BCUT2D eigenvalue weighted by atomic mass is 16.5. The maximum atomic E-state index is 12.6. The molecule has 1 saturated heterocycles. The first-order chi connectivity index (χ1) is 9.17. The molecule has 1 N–H and O–H groups in total. The number of rotatable bonds is 4. The Bertz CT molecular complexity index is 465. The lowest BCUT2D eigenvalue weighted by Gasteiger charge is -2.22. The minimum atomic E-state index is 0.0371. The molecule has 4 heteroatoms. The lowest BCUT2D eigenvalue weighted by Crippen LogP contribution is -2.34. The second kappa shape index (κ2) is 6.06. The van der Waals surface area contributed by atoms with Crippen molar-refractivity contribution in [3.63, 3.8) is 0 Å². The number of piperidine rings is 1. The van der Waals surface area contributed by atoms with Crippen molar-refractivity contribution in [1.29, 1.82) is 0 Å². The smallest absolute Gasteiger partial charge is 0.171 e. The third-order valence-electron chi connectivity index (χ3n) is 3.65. The van der Waals surface area contributed by atoms with Gasteiger partial charge in [-0.2, -0.15) is 0 Å². The van der Waals surface area contributed by atoms with Gasteiger partial charge in [0.1, 0.15) is 11.5 Å². The van der Waals surface area contributed by atoms with Gasteiger partial charge in [0.25, 0.3) is 0 Å². The third-order valence-corrected chi connectivity index (χ3v) is 3.65. The lowest BCUT2D eigenvalue weighted by molar-refractivity contribution is 0.0896. The highest BCUT2D eigenvalue weighted by Crippen LogP contribution is 2.31. The number of hydrogen-bond donors (Lipinski definition) is 1. The van der Waals surface area contributed by atoms with E-state index in [1.807, 2.05) is 13.0 Å². The number of ether oxygens (including phenoxy) is 2. The number of aryl methyl sites for hydroxylation is 1. The number of ketones is 1. The van der Waals surface area contributed by atoms with Crippen molar-refractivity contribution in [3.05, 3.63) is 23.3 Å². The summed E-state index contributed by atoms with van der Waals surface area (Å²) in [7, 11) is 3.21. The van der Waals surface area contributed by atoms with Crippen LogP contribution in [0.1, 0.15) is 28.8 Å². The van der Waals surface area contributed by atoms with Crippen LogP contribution in [-0.2, 0) is 0 Å². The van der Waals surface area contributed by atoms with E-state index in [-0.39, 0.29) is 11.7 Å². The Morgan fingerprint density at radius 2 is 2.00 bits per heavy atom. The first-order valence-corrected chi connectivity index (χ1v) is 6.65. The minimum Gasteiger partial charge on any atom is -0.496 e. The fraction of sp³-hybridized carbons (Fsp3) is 0.533. The molecule has 1 aromatic carbocycles. The molecule has 19 heavy (non-hydrogen) atoms. The van der Waals surface area contributed by atoms with Crippen LogP contribution in [0.25, 0.3) is 0 Å². The largest absolute Gasteiger partial charge is 0.496 e. The fourth-order valence-electron chi connectivity index (χ4n) is 2.54. The minimum absolute atomic E-state index is 0.0371. The molecule has 1 heterocycles. The standard InChI is InChI=1S/C15H21NO3/c1-10-7-14(19-3)12(8-13(10)18-2)15(17)11-5-4-6-16-9-11/h7-8,11,16H,4-6,9H2,1-3H3. The summed E-state index contributed by atoms with van der Waals surface area (Å²) < 4.78 is 10.6.